The van der Waals surface area contributed by atoms with E-state index in [1.54, 1.807) is 29.6 Å². The number of amides is 1. The normalized spacial score (nSPS) is 25.7. The highest BCUT2D eigenvalue weighted by Crippen LogP contribution is 2.44. The van der Waals surface area contributed by atoms with E-state index in [-0.39, 0.29) is 36.7 Å². The number of carbonyl (C=O) groups is 1. The monoisotopic (exact) mass is 500 g/mol. The van der Waals surface area contributed by atoms with Gasteiger partial charge >= 0.3 is 0 Å². The van der Waals surface area contributed by atoms with Crippen LogP contribution in [0.15, 0.2) is 6.33 Å². The Morgan fingerprint density at radius 2 is 2.06 bits per heavy atom. The number of imidazole rings is 1. The molecule has 33 heavy (non-hydrogen) atoms. The molecule has 2 saturated heterocycles. The fourth-order valence-corrected chi connectivity index (χ4v) is 5.37. The lowest BCUT2D eigenvalue weighted by atomic mass is 9.75. The SMILES string of the molecule is CSCC[C@H](N)C(=O)N1CCC2(CC1)C[C@@](C)(O)[C@H](n1cnc3c(N)nc(N)nc31)CO2.Cl. The van der Waals surface area contributed by atoms with Gasteiger partial charge in [0.1, 0.15) is 5.52 Å². The molecule has 184 valence electrons. The van der Waals surface area contributed by atoms with Crippen molar-refractivity contribution in [3.8, 4) is 0 Å². The highest BCUT2D eigenvalue weighted by molar-refractivity contribution is 7.98. The molecule has 0 bridgehead atoms. The van der Waals surface area contributed by atoms with Crippen LogP contribution in [-0.4, -0.2) is 84.4 Å². The fraction of sp³-hybridized carbons (Fsp3) is 0.700. The third kappa shape index (κ3) is 4.99. The Bertz CT molecular complexity index is 995. The molecule has 2 aromatic rings. The molecule has 2 aromatic heterocycles. The molecule has 0 radical (unpaired) electrons. The number of nitrogens with two attached hydrogens (primary N) is 3. The van der Waals surface area contributed by atoms with Crippen LogP contribution in [-0.2, 0) is 9.53 Å². The van der Waals surface area contributed by atoms with Gasteiger partial charge in [0, 0.05) is 19.5 Å². The molecule has 4 rings (SSSR count). The Morgan fingerprint density at radius 1 is 1.36 bits per heavy atom. The zero-order valence-electron chi connectivity index (χ0n) is 18.9. The number of rotatable bonds is 5. The maximum Gasteiger partial charge on any atom is 0.239 e. The second-order valence-corrected chi connectivity index (χ2v) is 10.0. The number of hydrogen-bond donors (Lipinski definition) is 4. The number of nitrogens with zero attached hydrogens (tertiary/aromatic N) is 5. The van der Waals surface area contributed by atoms with Crippen molar-refractivity contribution in [1.82, 2.24) is 24.4 Å². The predicted molar refractivity (Wildman–Crippen MR) is 131 cm³/mol. The van der Waals surface area contributed by atoms with Crippen LogP contribution in [0, 0.1) is 0 Å². The first-order valence-electron chi connectivity index (χ1n) is 10.8. The first kappa shape index (κ1) is 25.8. The first-order chi connectivity index (χ1) is 15.2. The number of nitrogen functional groups attached to an aromatic ring is 2. The minimum atomic E-state index is -1.08. The van der Waals surface area contributed by atoms with Gasteiger partial charge in [-0.05, 0) is 38.2 Å². The van der Waals surface area contributed by atoms with Gasteiger partial charge in [0.25, 0.3) is 0 Å². The van der Waals surface area contributed by atoms with Gasteiger partial charge in [-0.25, -0.2) is 4.98 Å². The summed E-state index contributed by atoms with van der Waals surface area (Å²) in [6, 6.07) is -0.876. The number of aliphatic hydroxyl groups is 1. The van der Waals surface area contributed by atoms with E-state index in [0.29, 0.717) is 49.9 Å². The molecular weight excluding hydrogens is 468 g/mol. The molecule has 11 nitrogen and oxygen atoms in total. The van der Waals surface area contributed by atoms with E-state index in [2.05, 4.69) is 15.0 Å². The molecule has 2 aliphatic rings. The van der Waals surface area contributed by atoms with Crippen LogP contribution in [0.4, 0.5) is 11.8 Å². The zero-order chi connectivity index (χ0) is 23.1. The van der Waals surface area contributed by atoms with Crippen molar-refractivity contribution in [3.63, 3.8) is 0 Å². The molecule has 0 saturated carbocycles. The molecule has 13 heteroatoms. The fourth-order valence-electron chi connectivity index (χ4n) is 4.88. The van der Waals surface area contributed by atoms with Crippen LogP contribution in [0.5, 0.6) is 0 Å². The Hall–Kier alpha value is -1.86. The second-order valence-electron chi connectivity index (χ2n) is 9.05. The van der Waals surface area contributed by atoms with Gasteiger partial charge in [0.05, 0.1) is 36.2 Å². The maximum atomic E-state index is 12.6. The average molecular weight is 501 g/mol. The topological polar surface area (TPSA) is 171 Å². The lowest BCUT2D eigenvalue weighted by molar-refractivity contribution is -0.197. The molecule has 7 N–H and O–H groups in total. The van der Waals surface area contributed by atoms with Crippen molar-refractivity contribution in [3.05, 3.63) is 6.33 Å². The summed E-state index contributed by atoms with van der Waals surface area (Å²) < 4.78 is 8.12. The lowest BCUT2D eigenvalue weighted by Gasteiger charge is -2.51. The van der Waals surface area contributed by atoms with E-state index >= 15 is 0 Å². The number of thioether (sulfide) groups is 1. The molecule has 1 amide bonds. The Labute approximate surface area is 203 Å². The third-order valence-electron chi connectivity index (χ3n) is 6.68. The summed E-state index contributed by atoms with van der Waals surface area (Å²) in [7, 11) is 0. The van der Waals surface area contributed by atoms with E-state index in [4.69, 9.17) is 21.9 Å². The quantitative estimate of drug-likeness (QED) is 0.454. The number of aromatic nitrogens is 4. The Balaban J connectivity index is 0.00000306. The molecule has 4 heterocycles. The number of likely N-dealkylation sites (tertiary alicyclic amines) is 1. The van der Waals surface area contributed by atoms with E-state index in [1.165, 1.54) is 0 Å². The average Bonchev–Trinajstić information content (AvgIpc) is 3.15. The van der Waals surface area contributed by atoms with Crippen molar-refractivity contribution in [2.24, 2.45) is 5.73 Å². The standard InChI is InChI=1S/C20H32N8O3S.ClH/c1-19(30)10-20(4-6-27(7-5-20)17(29)12(21)3-8-32-2)31-9-13(19)28-11-24-14-15(22)25-18(23)26-16(14)28;/h11-13,30H,3-10,21H2,1-2H3,(H4,22,23,25,26);1H/t12-,13+,19+;/m0./s1. The summed E-state index contributed by atoms with van der Waals surface area (Å²) in [4.78, 5) is 27.0. The maximum absolute atomic E-state index is 12.6. The van der Waals surface area contributed by atoms with Crippen LogP contribution in [0.3, 0.4) is 0 Å². The van der Waals surface area contributed by atoms with Gasteiger partial charge in [-0.15, -0.1) is 12.4 Å². The van der Waals surface area contributed by atoms with Gasteiger partial charge in [-0.2, -0.15) is 21.7 Å². The van der Waals surface area contributed by atoms with Gasteiger partial charge < -0.3 is 36.5 Å². The number of hydrogen-bond acceptors (Lipinski definition) is 10. The van der Waals surface area contributed by atoms with Gasteiger partial charge in [0.15, 0.2) is 11.5 Å². The number of ether oxygens (including phenoxy) is 1. The molecule has 3 atom stereocenters. The van der Waals surface area contributed by atoms with Gasteiger partial charge in [-0.1, -0.05) is 0 Å². The van der Waals surface area contributed by atoms with Gasteiger partial charge in [0.2, 0.25) is 11.9 Å². The minimum absolute atomic E-state index is 0. The number of carbonyl (C=O) groups excluding carboxylic acids is 1. The predicted octanol–water partition coefficient (Wildman–Crippen LogP) is 0.567. The number of anilines is 2. The van der Waals surface area contributed by atoms with Crippen LogP contribution in [0.1, 0.15) is 38.6 Å². The summed E-state index contributed by atoms with van der Waals surface area (Å²) in [6.45, 7) is 3.22. The summed E-state index contributed by atoms with van der Waals surface area (Å²) in [5, 5.41) is 11.4. The van der Waals surface area contributed by atoms with E-state index < -0.39 is 23.3 Å². The molecular formula is C20H33ClN8O3S. The number of piperidine rings is 1. The van der Waals surface area contributed by atoms with Crippen molar-refractivity contribution < 1.29 is 14.6 Å². The van der Waals surface area contributed by atoms with Crippen molar-refractivity contribution in [2.75, 3.05) is 43.2 Å². The van der Waals surface area contributed by atoms with Crippen LogP contribution in [0.2, 0.25) is 0 Å². The van der Waals surface area contributed by atoms with E-state index in [0.717, 1.165) is 5.75 Å². The van der Waals surface area contributed by atoms with Crippen LogP contribution in [0.25, 0.3) is 11.2 Å². The van der Waals surface area contributed by atoms with Crippen molar-refractivity contribution in [2.45, 2.75) is 55.9 Å². The van der Waals surface area contributed by atoms with Crippen molar-refractivity contribution >= 4 is 53.0 Å². The minimum Gasteiger partial charge on any atom is -0.388 e. The van der Waals surface area contributed by atoms with E-state index in [1.807, 2.05) is 11.2 Å². The Morgan fingerprint density at radius 3 is 2.70 bits per heavy atom. The number of fused-ring (bicyclic) bond motifs is 1. The van der Waals surface area contributed by atoms with Gasteiger partial charge in [-0.3, -0.25) is 4.79 Å². The molecule has 0 aliphatic carbocycles. The molecule has 0 aromatic carbocycles. The summed E-state index contributed by atoms with van der Waals surface area (Å²) in [5.74, 6) is 1.11. The summed E-state index contributed by atoms with van der Waals surface area (Å²) >= 11 is 1.69. The third-order valence-corrected chi connectivity index (χ3v) is 7.33. The second kappa shape index (κ2) is 9.79. The first-order valence-corrected chi connectivity index (χ1v) is 12.2. The summed E-state index contributed by atoms with van der Waals surface area (Å²) in [5.41, 5.74) is 17.1. The van der Waals surface area contributed by atoms with Crippen LogP contribution >= 0.6 is 24.2 Å². The molecule has 0 unspecified atom stereocenters. The zero-order valence-corrected chi connectivity index (χ0v) is 20.6. The highest BCUT2D eigenvalue weighted by atomic mass is 35.5. The van der Waals surface area contributed by atoms with E-state index in [9.17, 15) is 9.90 Å². The molecule has 1 spiro atoms. The van der Waals surface area contributed by atoms with Crippen molar-refractivity contribution in [1.29, 1.82) is 0 Å². The molecule has 2 aliphatic heterocycles. The Kier molecular flexibility index (Phi) is 7.64. The summed E-state index contributed by atoms with van der Waals surface area (Å²) in [6.07, 6.45) is 6.01. The molecule has 2 fully saturated rings. The highest BCUT2D eigenvalue weighted by Gasteiger charge is 2.50. The smallest absolute Gasteiger partial charge is 0.239 e. The number of halogens is 1. The lowest BCUT2D eigenvalue weighted by Crippen LogP contribution is -2.59. The largest absolute Gasteiger partial charge is 0.388 e. The van der Waals surface area contributed by atoms with Crippen LogP contribution < -0.4 is 17.2 Å².